The number of hydrogen-bond acceptors (Lipinski definition) is 5. The fourth-order valence-electron chi connectivity index (χ4n) is 2.59. The number of rotatable bonds is 6. The van der Waals surface area contributed by atoms with E-state index in [2.05, 4.69) is 5.32 Å². The molecule has 21 heavy (non-hydrogen) atoms. The Bertz CT molecular complexity index is 569. The molecule has 0 amide bonds. The third-order valence-corrected chi connectivity index (χ3v) is 4.66. The monoisotopic (exact) mass is 313 g/mol. The number of hydrogen-bond donors (Lipinski definition) is 3. The van der Waals surface area contributed by atoms with Crippen LogP contribution in [0.5, 0.6) is 0 Å². The normalized spacial score (nSPS) is 16.8. The van der Waals surface area contributed by atoms with Crippen molar-refractivity contribution in [3.63, 3.8) is 0 Å². The van der Waals surface area contributed by atoms with Gasteiger partial charge >= 0.3 is 0 Å². The number of ether oxygens (including phenoxy) is 1. The van der Waals surface area contributed by atoms with Crippen LogP contribution in [0.4, 0.5) is 11.4 Å². The minimum Gasteiger partial charge on any atom is -0.396 e. The molecule has 1 aromatic carbocycles. The summed E-state index contributed by atoms with van der Waals surface area (Å²) in [6, 6.07) is 4.74. The summed E-state index contributed by atoms with van der Waals surface area (Å²) in [6.45, 7) is 1.15. The topological polar surface area (TPSA) is 107 Å². The van der Waals surface area contributed by atoms with Gasteiger partial charge in [0, 0.05) is 6.54 Å². The second-order valence-corrected chi connectivity index (χ2v) is 6.85. The average molecular weight is 313 g/mol. The van der Waals surface area contributed by atoms with Crippen LogP contribution in [-0.4, -0.2) is 27.7 Å². The summed E-state index contributed by atoms with van der Waals surface area (Å²) >= 11 is 0. The molecule has 6 nitrogen and oxygen atoms in total. The lowest BCUT2D eigenvalue weighted by Crippen LogP contribution is -2.21. The molecule has 2 rings (SSSR count). The average Bonchev–Trinajstić information content (AvgIpc) is 2.45. The Balaban J connectivity index is 1.86. The van der Waals surface area contributed by atoms with Crippen LogP contribution in [0, 0.1) is 0 Å². The molecule has 0 spiro atoms. The van der Waals surface area contributed by atoms with Crippen molar-refractivity contribution in [1.82, 2.24) is 0 Å². The summed E-state index contributed by atoms with van der Waals surface area (Å²) < 4.78 is 28.6. The van der Waals surface area contributed by atoms with Crippen LogP contribution in [0.15, 0.2) is 23.1 Å². The summed E-state index contributed by atoms with van der Waals surface area (Å²) in [5, 5.41) is 8.21. The van der Waals surface area contributed by atoms with E-state index in [4.69, 9.17) is 15.6 Å². The predicted octanol–water partition coefficient (Wildman–Crippen LogP) is 1.68. The molecular weight excluding hydrogens is 290 g/mol. The van der Waals surface area contributed by atoms with Crippen molar-refractivity contribution in [3.8, 4) is 0 Å². The molecule has 0 saturated heterocycles. The first-order valence-electron chi connectivity index (χ1n) is 7.25. The highest BCUT2D eigenvalue weighted by atomic mass is 32.2. The molecule has 1 saturated carbocycles. The number of anilines is 2. The number of para-hydroxylation sites is 1. The Kier molecular flexibility index (Phi) is 5.44. The lowest BCUT2D eigenvalue weighted by Gasteiger charge is -2.22. The molecule has 0 unspecified atom stereocenters. The Hall–Kier alpha value is -1.31. The summed E-state index contributed by atoms with van der Waals surface area (Å²) in [5.74, 6) is 0. The second-order valence-electron chi connectivity index (χ2n) is 5.32. The second kappa shape index (κ2) is 7.11. The number of benzene rings is 1. The zero-order chi connectivity index (χ0) is 15.3. The van der Waals surface area contributed by atoms with E-state index in [9.17, 15) is 8.42 Å². The Morgan fingerprint density at radius 1 is 1.24 bits per heavy atom. The maximum absolute atomic E-state index is 11.4. The van der Waals surface area contributed by atoms with Crippen molar-refractivity contribution < 1.29 is 13.2 Å². The van der Waals surface area contributed by atoms with Crippen molar-refractivity contribution in [2.75, 3.05) is 24.2 Å². The smallest absolute Gasteiger partial charge is 0.240 e. The van der Waals surface area contributed by atoms with Crippen LogP contribution in [0.25, 0.3) is 0 Å². The highest BCUT2D eigenvalue weighted by Gasteiger charge is 2.15. The predicted molar refractivity (Wildman–Crippen MR) is 83.5 cm³/mol. The van der Waals surface area contributed by atoms with Gasteiger partial charge < -0.3 is 15.8 Å². The molecule has 5 N–H and O–H groups in total. The lowest BCUT2D eigenvalue weighted by atomic mass is 9.98. The fourth-order valence-corrected chi connectivity index (χ4v) is 3.27. The molecule has 118 valence electrons. The molecule has 1 aliphatic rings. The van der Waals surface area contributed by atoms with E-state index in [1.165, 1.54) is 25.3 Å². The molecule has 0 atom stereocenters. The summed E-state index contributed by atoms with van der Waals surface area (Å²) in [4.78, 5) is -0.0549. The molecule has 0 radical (unpaired) electrons. The van der Waals surface area contributed by atoms with Crippen LogP contribution in [-0.2, 0) is 14.8 Å². The number of primary sulfonamides is 1. The number of nitrogens with one attached hydrogen (secondary N) is 1. The number of nitrogen functional groups attached to an aromatic ring is 1. The Morgan fingerprint density at radius 2 is 1.95 bits per heavy atom. The first kappa shape index (κ1) is 16.1. The van der Waals surface area contributed by atoms with Crippen LogP contribution >= 0.6 is 0 Å². The number of nitrogens with two attached hydrogens (primary N) is 2. The maximum Gasteiger partial charge on any atom is 0.240 e. The van der Waals surface area contributed by atoms with E-state index in [1.54, 1.807) is 12.1 Å². The van der Waals surface area contributed by atoms with Crippen molar-refractivity contribution in [1.29, 1.82) is 0 Å². The molecule has 0 heterocycles. The quantitative estimate of drug-likeness (QED) is 0.547. The van der Waals surface area contributed by atoms with Crippen molar-refractivity contribution in [2.45, 2.75) is 43.1 Å². The van der Waals surface area contributed by atoms with Gasteiger partial charge in [0.1, 0.15) is 4.90 Å². The highest BCUT2D eigenvalue weighted by molar-refractivity contribution is 7.89. The third-order valence-electron chi connectivity index (χ3n) is 3.70. The van der Waals surface area contributed by atoms with Gasteiger partial charge in [0.15, 0.2) is 0 Å². The largest absolute Gasteiger partial charge is 0.396 e. The summed E-state index contributed by atoms with van der Waals surface area (Å²) in [6.07, 6.45) is 6.39. The van der Waals surface area contributed by atoms with E-state index in [0.717, 1.165) is 12.8 Å². The minimum absolute atomic E-state index is 0.0549. The molecule has 0 aliphatic heterocycles. The lowest BCUT2D eigenvalue weighted by molar-refractivity contribution is 0.0347. The summed E-state index contributed by atoms with van der Waals surface area (Å²) in [7, 11) is -3.80. The van der Waals surface area contributed by atoms with Gasteiger partial charge in [0.05, 0.1) is 24.1 Å². The molecule has 0 bridgehead atoms. The van der Waals surface area contributed by atoms with Gasteiger partial charge in [-0.15, -0.1) is 0 Å². The zero-order valence-electron chi connectivity index (χ0n) is 12.0. The third kappa shape index (κ3) is 4.59. The van der Waals surface area contributed by atoms with Gasteiger partial charge in [-0.1, -0.05) is 25.3 Å². The van der Waals surface area contributed by atoms with E-state index in [-0.39, 0.29) is 10.6 Å². The van der Waals surface area contributed by atoms with E-state index in [1.807, 2.05) is 0 Å². The Labute approximate surface area is 125 Å². The van der Waals surface area contributed by atoms with E-state index >= 15 is 0 Å². The minimum atomic E-state index is -3.80. The van der Waals surface area contributed by atoms with Crippen molar-refractivity contribution in [3.05, 3.63) is 18.2 Å². The fraction of sp³-hybridized carbons (Fsp3) is 0.571. The van der Waals surface area contributed by atoms with E-state index in [0.29, 0.717) is 24.9 Å². The van der Waals surface area contributed by atoms with Crippen molar-refractivity contribution in [2.24, 2.45) is 5.14 Å². The molecule has 1 fully saturated rings. The van der Waals surface area contributed by atoms with E-state index < -0.39 is 10.0 Å². The van der Waals surface area contributed by atoms with Crippen LogP contribution in [0.2, 0.25) is 0 Å². The van der Waals surface area contributed by atoms with Gasteiger partial charge in [-0.3, -0.25) is 0 Å². The highest BCUT2D eigenvalue weighted by Crippen LogP contribution is 2.25. The SMILES string of the molecule is Nc1c(NCCOC2CCCCC2)cccc1S(N)(=O)=O. The van der Waals surface area contributed by atoms with Crippen LogP contribution in [0.3, 0.4) is 0 Å². The molecule has 1 aliphatic carbocycles. The Morgan fingerprint density at radius 3 is 2.62 bits per heavy atom. The first-order chi connectivity index (χ1) is 9.98. The molecule has 0 aromatic heterocycles. The molecule has 7 heteroatoms. The van der Waals surface area contributed by atoms with Crippen molar-refractivity contribution >= 4 is 21.4 Å². The van der Waals surface area contributed by atoms with Gasteiger partial charge in [-0.05, 0) is 25.0 Å². The molecular formula is C14H23N3O3S. The van der Waals surface area contributed by atoms with Gasteiger partial charge in [0.25, 0.3) is 0 Å². The van der Waals surface area contributed by atoms with Gasteiger partial charge in [0.2, 0.25) is 10.0 Å². The zero-order valence-corrected chi connectivity index (χ0v) is 12.9. The maximum atomic E-state index is 11.4. The van der Waals surface area contributed by atoms with Crippen LogP contribution in [0.1, 0.15) is 32.1 Å². The first-order valence-corrected chi connectivity index (χ1v) is 8.80. The standard InChI is InChI=1S/C14H23N3O3S/c15-14-12(7-4-8-13(14)21(16,18)19)17-9-10-20-11-5-2-1-3-6-11/h4,7-8,11,17H,1-3,5-6,9-10,15H2,(H2,16,18,19). The van der Waals surface area contributed by atoms with Gasteiger partial charge in [-0.2, -0.15) is 0 Å². The number of sulfonamides is 1. The molecule has 1 aromatic rings. The summed E-state index contributed by atoms with van der Waals surface area (Å²) in [5.41, 5.74) is 6.55. The van der Waals surface area contributed by atoms with Gasteiger partial charge in [-0.25, -0.2) is 13.6 Å². The van der Waals surface area contributed by atoms with Crippen LogP contribution < -0.4 is 16.2 Å².